The van der Waals surface area contributed by atoms with Crippen LogP contribution >= 0.6 is 15.9 Å². The summed E-state index contributed by atoms with van der Waals surface area (Å²) in [5, 5.41) is 9.87. The van der Waals surface area contributed by atoms with Crippen LogP contribution in [0.4, 0.5) is 0 Å². The number of phenols is 1. The average Bonchev–Trinajstić information content (AvgIpc) is 2.85. The summed E-state index contributed by atoms with van der Waals surface area (Å²) in [7, 11) is 1.88. The average molecular weight is 337 g/mol. The minimum atomic E-state index is -0.0347. The second kappa shape index (κ2) is 6.13. The molecule has 0 spiro atoms. The van der Waals surface area contributed by atoms with Crippen LogP contribution in [-0.2, 0) is 13.6 Å². The molecule has 2 aromatic rings. The summed E-state index contributed by atoms with van der Waals surface area (Å²) < 4.78 is 2.73. The highest BCUT2D eigenvalue weighted by Crippen LogP contribution is 2.23. The molecule has 5 heteroatoms. The highest BCUT2D eigenvalue weighted by atomic mass is 79.9. The van der Waals surface area contributed by atoms with Crippen LogP contribution in [0.5, 0.6) is 5.75 Å². The Kier molecular flexibility index (Phi) is 4.49. The van der Waals surface area contributed by atoms with E-state index in [2.05, 4.69) is 15.9 Å². The molecule has 0 radical (unpaired) electrons. The lowest BCUT2D eigenvalue weighted by Gasteiger charge is -2.21. The topological polar surface area (TPSA) is 45.5 Å². The van der Waals surface area contributed by atoms with Crippen molar-refractivity contribution >= 4 is 21.8 Å². The van der Waals surface area contributed by atoms with Gasteiger partial charge in [-0.25, -0.2) is 0 Å². The van der Waals surface area contributed by atoms with Crippen LogP contribution in [0.15, 0.2) is 41.1 Å². The Labute approximate surface area is 126 Å². The lowest BCUT2D eigenvalue weighted by molar-refractivity contribution is 0.0751. The molecule has 20 heavy (non-hydrogen) atoms. The third-order valence-electron chi connectivity index (χ3n) is 3.15. The first-order valence-electron chi connectivity index (χ1n) is 6.40. The van der Waals surface area contributed by atoms with Crippen LogP contribution < -0.4 is 0 Å². The zero-order valence-electron chi connectivity index (χ0n) is 11.5. The van der Waals surface area contributed by atoms with Gasteiger partial charge in [-0.05, 0) is 31.2 Å². The van der Waals surface area contributed by atoms with Crippen molar-refractivity contribution in [3.63, 3.8) is 0 Å². The Morgan fingerprint density at radius 3 is 2.75 bits per heavy atom. The second-order valence-corrected chi connectivity index (χ2v) is 5.57. The number of rotatable bonds is 4. The highest BCUT2D eigenvalue weighted by Gasteiger charge is 2.16. The van der Waals surface area contributed by atoms with Crippen molar-refractivity contribution in [2.45, 2.75) is 13.5 Å². The Hall–Kier alpha value is -1.75. The predicted octanol–water partition coefficient (Wildman–Crippen LogP) is 3.16. The molecule has 1 N–H and O–H groups in total. The van der Waals surface area contributed by atoms with E-state index in [9.17, 15) is 9.90 Å². The smallest absolute Gasteiger partial charge is 0.255 e. The molecule has 0 aliphatic carbocycles. The van der Waals surface area contributed by atoms with E-state index in [4.69, 9.17) is 0 Å². The molecule has 1 aromatic carbocycles. The van der Waals surface area contributed by atoms with Crippen molar-refractivity contribution in [1.29, 1.82) is 0 Å². The molecule has 0 unspecified atom stereocenters. The summed E-state index contributed by atoms with van der Waals surface area (Å²) in [5.41, 5.74) is 1.38. The third-order valence-corrected chi connectivity index (χ3v) is 3.64. The Morgan fingerprint density at radius 1 is 1.40 bits per heavy atom. The standard InChI is InChI=1S/C15H17BrN2O2/c1-3-18(15(20)11-6-7-17(2)9-11)10-12-8-13(16)4-5-14(12)19/h4-9,19H,3,10H2,1-2H3. The number of nitrogens with zero attached hydrogens (tertiary/aromatic N) is 2. The molecule has 0 atom stereocenters. The number of halogens is 1. The summed E-state index contributed by atoms with van der Waals surface area (Å²) in [6, 6.07) is 7.02. The number of aryl methyl sites for hydroxylation is 1. The molecule has 106 valence electrons. The van der Waals surface area contributed by atoms with E-state index in [1.54, 1.807) is 29.3 Å². The third kappa shape index (κ3) is 3.22. The molecule has 2 rings (SSSR count). The lowest BCUT2D eigenvalue weighted by Crippen LogP contribution is -2.30. The number of hydrogen-bond acceptors (Lipinski definition) is 2. The maximum atomic E-state index is 12.4. The van der Waals surface area contributed by atoms with Gasteiger partial charge in [0.15, 0.2) is 0 Å². The van der Waals surface area contributed by atoms with Crippen LogP contribution in [0.1, 0.15) is 22.8 Å². The monoisotopic (exact) mass is 336 g/mol. The van der Waals surface area contributed by atoms with Gasteiger partial charge in [0.25, 0.3) is 5.91 Å². The first kappa shape index (κ1) is 14.7. The molecule has 4 nitrogen and oxygen atoms in total. The maximum Gasteiger partial charge on any atom is 0.255 e. The predicted molar refractivity (Wildman–Crippen MR) is 81.6 cm³/mol. The van der Waals surface area contributed by atoms with E-state index in [0.717, 1.165) is 10.0 Å². The molecule has 0 aliphatic rings. The van der Waals surface area contributed by atoms with Gasteiger partial charge in [-0.3, -0.25) is 4.79 Å². The van der Waals surface area contributed by atoms with Gasteiger partial charge in [0.1, 0.15) is 5.75 Å². The van der Waals surface area contributed by atoms with E-state index in [-0.39, 0.29) is 11.7 Å². The van der Waals surface area contributed by atoms with E-state index in [1.807, 2.05) is 30.8 Å². The first-order chi connectivity index (χ1) is 9.51. The van der Waals surface area contributed by atoms with Crippen molar-refractivity contribution in [2.24, 2.45) is 7.05 Å². The van der Waals surface area contributed by atoms with Gasteiger partial charge in [-0.1, -0.05) is 15.9 Å². The van der Waals surface area contributed by atoms with Gasteiger partial charge < -0.3 is 14.6 Å². The largest absolute Gasteiger partial charge is 0.508 e. The zero-order valence-corrected chi connectivity index (χ0v) is 13.1. The fraction of sp³-hybridized carbons (Fsp3) is 0.267. The molecular formula is C15H17BrN2O2. The summed E-state index contributed by atoms with van der Waals surface area (Å²) >= 11 is 3.38. The number of carbonyl (C=O) groups excluding carboxylic acids is 1. The van der Waals surface area contributed by atoms with E-state index in [0.29, 0.717) is 18.7 Å². The van der Waals surface area contributed by atoms with E-state index in [1.165, 1.54) is 0 Å². The fourth-order valence-electron chi connectivity index (χ4n) is 2.03. The highest BCUT2D eigenvalue weighted by molar-refractivity contribution is 9.10. The van der Waals surface area contributed by atoms with Crippen molar-refractivity contribution in [3.05, 3.63) is 52.3 Å². The molecule has 0 saturated heterocycles. The van der Waals surface area contributed by atoms with Crippen molar-refractivity contribution in [3.8, 4) is 5.75 Å². The van der Waals surface area contributed by atoms with Crippen molar-refractivity contribution < 1.29 is 9.90 Å². The van der Waals surface area contributed by atoms with Crippen LogP contribution in [0, 0.1) is 0 Å². The fourth-order valence-corrected chi connectivity index (χ4v) is 2.43. The number of hydrogen-bond donors (Lipinski definition) is 1. The summed E-state index contributed by atoms with van der Waals surface area (Å²) in [6.07, 6.45) is 3.64. The van der Waals surface area contributed by atoms with E-state index < -0.39 is 0 Å². The van der Waals surface area contributed by atoms with Gasteiger partial charge in [0.05, 0.1) is 5.56 Å². The molecule has 1 aromatic heterocycles. The number of phenolic OH excluding ortho intramolecular Hbond substituents is 1. The van der Waals surface area contributed by atoms with Gasteiger partial charge in [0, 0.05) is 42.6 Å². The van der Waals surface area contributed by atoms with Crippen molar-refractivity contribution in [2.75, 3.05) is 6.54 Å². The summed E-state index contributed by atoms with van der Waals surface area (Å²) in [4.78, 5) is 14.1. The number of aromatic nitrogens is 1. The Bertz CT molecular complexity index is 622. The minimum Gasteiger partial charge on any atom is -0.508 e. The SMILES string of the molecule is CCN(Cc1cc(Br)ccc1O)C(=O)c1ccn(C)c1. The van der Waals surface area contributed by atoms with Gasteiger partial charge >= 0.3 is 0 Å². The maximum absolute atomic E-state index is 12.4. The normalized spacial score (nSPS) is 10.6. The molecule has 1 heterocycles. The zero-order chi connectivity index (χ0) is 14.7. The minimum absolute atomic E-state index is 0.0347. The van der Waals surface area contributed by atoms with Crippen LogP contribution in [-0.4, -0.2) is 27.0 Å². The first-order valence-corrected chi connectivity index (χ1v) is 7.19. The van der Waals surface area contributed by atoms with Crippen molar-refractivity contribution in [1.82, 2.24) is 9.47 Å². The quantitative estimate of drug-likeness (QED) is 0.932. The molecule has 0 fully saturated rings. The molecule has 1 amide bonds. The van der Waals surface area contributed by atoms with Crippen LogP contribution in [0.25, 0.3) is 0 Å². The van der Waals surface area contributed by atoms with Gasteiger partial charge in [0.2, 0.25) is 0 Å². The number of aromatic hydroxyl groups is 1. The Balaban J connectivity index is 2.20. The van der Waals surface area contributed by atoms with Gasteiger partial charge in [-0.15, -0.1) is 0 Å². The molecule has 0 saturated carbocycles. The van der Waals surface area contributed by atoms with Gasteiger partial charge in [-0.2, -0.15) is 0 Å². The Morgan fingerprint density at radius 2 is 2.15 bits per heavy atom. The molecular weight excluding hydrogens is 320 g/mol. The second-order valence-electron chi connectivity index (χ2n) is 4.66. The summed E-state index contributed by atoms with van der Waals surface area (Å²) in [5.74, 6) is 0.167. The number of carbonyl (C=O) groups is 1. The number of amides is 1. The molecule has 0 aliphatic heterocycles. The lowest BCUT2D eigenvalue weighted by atomic mass is 10.1. The summed E-state index contributed by atoms with van der Waals surface area (Å²) in [6.45, 7) is 2.89. The van der Waals surface area contributed by atoms with Crippen LogP contribution in [0.2, 0.25) is 0 Å². The van der Waals surface area contributed by atoms with Crippen LogP contribution in [0.3, 0.4) is 0 Å². The molecule has 0 bridgehead atoms. The van der Waals surface area contributed by atoms with E-state index >= 15 is 0 Å². The number of benzene rings is 1.